The summed E-state index contributed by atoms with van der Waals surface area (Å²) in [5.74, 6) is -0.483. The van der Waals surface area contributed by atoms with E-state index < -0.39 is 11.6 Å². The van der Waals surface area contributed by atoms with Gasteiger partial charge in [0.2, 0.25) is 0 Å². The quantitative estimate of drug-likeness (QED) is 0.379. The van der Waals surface area contributed by atoms with Crippen LogP contribution in [0, 0.1) is 0 Å². The van der Waals surface area contributed by atoms with Crippen LogP contribution in [0.25, 0.3) is 5.65 Å². The van der Waals surface area contributed by atoms with Crippen molar-refractivity contribution in [2.45, 2.75) is 26.4 Å². The Morgan fingerprint density at radius 1 is 1.30 bits per heavy atom. The molecule has 2 aromatic rings. The molecule has 0 amide bonds. The van der Waals surface area contributed by atoms with Gasteiger partial charge in [-0.2, -0.15) is 6.07 Å². The van der Waals surface area contributed by atoms with Gasteiger partial charge in [-0.3, -0.25) is 0 Å². The van der Waals surface area contributed by atoms with Crippen LogP contribution in [0.2, 0.25) is 0 Å². The summed E-state index contributed by atoms with van der Waals surface area (Å²) in [4.78, 5) is 26.5. The number of carbonyl (C=O) groups is 1. The SMILES string of the molecule is CC(C)(C)OC(=O)c1cn2cc([C-]=O)ccc2n1.[Li+].[OH-]. The first-order valence-electron chi connectivity index (χ1n) is 5.49. The molecule has 0 aromatic carbocycles. The van der Waals surface area contributed by atoms with Crippen LogP contribution in [0.1, 0.15) is 36.8 Å². The molecule has 2 heterocycles. The molecule has 102 valence electrons. The number of aromatic nitrogens is 2. The van der Waals surface area contributed by atoms with Gasteiger partial charge in [-0.05, 0) is 20.8 Å². The Labute approximate surface area is 128 Å². The number of fused-ring (bicyclic) bond motifs is 1. The van der Waals surface area contributed by atoms with E-state index in [4.69, 9.17) is 4.74 Å². The summed E-state index contributed by atoms with van der Waals surface area (Å²) in [5, 5.41) is 0. The molecule has 0 aliphatic rings. The molecule has 0 spiro atoms. The molecule has 0 unspecified atom stereocenters. The van der Waals surface area contributed by atoms with Gasteiger partial charge in [0.15, 0.2) is 5.69 Å². The van der Waals surface area contributed by atoms with Gasteiger partial charge < -0.3 is 19.4 Å². The Morgan fingerprint density at radius 2 is 1.95 bits per heavy atom. The monoisotopic (exact) mass is 269 g/mol. The summed E-state index contributed by atoms with van der Waals surface area (Å²) >= 11 is 0. The van der Waals surface area contributed by atoms with Crippen LogP contribution in [0.15, 0.2) is 24.5 Å². The number of imidazole rings is 1. The first-order valence-corrected chi connectivity index (χ1v) is 5.49. The van der Waals surface area contributed by atoms with Crippen molar-refractivity contribution in [1.29, 1.82) is 0 Å². The van der Waals surface area contributed by atoms with Gasteiger partial charge in [-0.1, -0.05) is 12.3 Å². The van der Waals surface area contributed by atoms with Gasteiger partial charge in [0, 0.05) is 6.20 Å². The number of nitrogens with zero attached hydrogens (tertiary/aromatic N) is 2. The number of hydrogen-bond donors (Lipinski definition) is 0. The van der Waals surface area contributed by atoms with Gasteiger partial charge in [-0.25, -0.2) is 9.78 Å². The van der Waals surface area contributed by atoms with Crippen molar-refractivity contribution in [3.63, 3.8) is 0 Å². The fourth-order valence-electron chi connectivity index (χ4n) is 1.48. The zero-order valence-corrected chi connectivity index (χ0v) is 11.9. The second-order valence-electron chi connectivity index (χ2n) is 4.91. The number of hydrogen-bond acceptors (Lipinski definition) is 5. The molecule has 0 fully saturated rings. The van der Waals surface area contributed by atoms with E-state index in [2.05, 4.69) is 4.98 Å². The maximum Gasteiger partial charge on any atom is 1.00 e. The third kappa shape index (κ3) is 4.20. The van der Waals surface area contributed by atoms with E-state index in [1.165, 1.54) is 6.20 Å². The smallest absolute Gasteiger partial charge is 0.870 e. The summed E-state index contributed by atoms with van der Waals surface area (Å²) < 4.78 is 6.81. The Morgan fingerprint density at radius 3 is 2.50 bits per heavy atom. The second kappa shape index (κ2) is 6.71. The van der Waals surface area contributed by atoms with Gasteiger partial charge >= 0.3 is 24.8 Å². The first-order chi connectivity index (χ1) is 8.39. The van der Waals surface area contributed by atoms with Crippen molar-refractivity contribution in [3.8, 4) is 0 Å². The molecular weight excluding hydrogens is 255 g/mol. The third-order valence-electron chi connectivity index (χ3n) is 2.18. The van der Waals surface area contributed by atoms with E-state index >= 15 is 0 Å². The summed E-state index contributed by atoms with van der Waals surface area (Å²) in [6, 6.07) is 3.24. The molecular formula is C13H14LiN2O4-. The Hall–Kier alpha value is -1.61. The average molecular weight is 269 g/mol. The fraction of sp³-hybridized carbons (Fsp3) is 0.308. The van der Waals surface area contributed by atoms with Crippen molar-refractivity contribution in [2.24, 2.45) is 0 Å². The molecule has 0 aliphatic carbocycles. The van der Waals surface area contributed by atoms with Gasteiger partial charge in [0.25, 0.3) is 0 Å². The van der Waals surface area contributed by atoms with Gasteiger partial charge in [0.1, 0.15) is 11.2 Å². The third-order valence-corrected chi connectivity index (χ3v) is 2.18. The summed E-state index contributed by atoms with van der Waals surface area (Å²) in [5.41, 5.74) is 0.632. The maximum atomic E-state index is 11.8. The number of rotatable bonds is 2. The van der Waals surface area contributed by atoms with Crippen LogP contribution in [-0.4, -0.2) is 32.7 Å². The molecule has 0 saturated carbocycles. The molecule has 2 rings (SSSR count). The van der Waals surface area contributed by atoms with Crippen LogP contribution in [-0.2, 0) is 9.53 Å². The minimum Gasteiger partial charge on any atom is -0.870 e. The van der Waals surface area contributed by atoms with E-state index in [0.29, 0.717) is 11.2 Å². The molecule has 6 nitrogen and oxygen atoms in total. The van der Waals surface area contributed by atoms with Crippen molar-refractivity contribution < 1.29 is 38.7 Å². The molecule has 20 heavy (non-hydrogen) atoms. The van der Waals surface area contributed by atoms with Crippen molar-refractivity contribution in [1.82, 2.24) is 9.38 Å². The molecule has 1 N–H and O–H groups in total. The van der Waals surface area contributed by atoms with Crippen molar-refractivity contribution >= 4 is 17.9 Å². The Balaban J connectivity index is 0.00000180. The zero-order valence-electron chi connectivity index (χ0n) is 11.9. The molecule has 0 saturated heterocycles. The minimum atomic E-state index is -0.561. The topological polar surface area (TPSA) is 90.7 Å². The predicted molar refractivity (Wildman–Crippen MR) is 67.1 cm³/mol. The van der Waals surface area contributed by atoms with Crippen molar-refractivity contribution in [3.05, 3.63) is 35.8 Å². The standard InChI is InChI=1S/C13H13N2O3.Li.H2O/c1-13(2,3)18-12(17)10-7-15-6-9(8-16)4-5-11(15)14-10;;/h4-7H,1-3H3;;1H2/q-1;+1;/p-1. The van der Waals surface area contributed by atoms with E-state index in [9.17, 15) is 9.59 Å². The fourth-order valence-corrected chi connectivity index (χ4v) is 1.48. The van der Waals surface area contributed by atoms with E-state index in [1.54, 1.807) is 49.8 Å². The number of ether oxygens (including phenoxy) is 1. The minimum absolute atomic E-state index is 0. The van der Waals surface area contributed by atoms with Crippen LogP contribution in [0.4, 0.5) is 0 Å². The van der Waals surface area contributed by atoms with Crippen LogP contribution >= 0.6 is 0 Å². The van der Waals surface area contributed by atoms with Crippen LogP contribution in [0.5, 0.6) is 0 Å². The number of pyridine rings is 1. The Bertz CT molecular complexity index is 616. The van der Waals surface area contributed by atoms with Crippen molar-refractivity contribution in [2.75, 3.05) is 0 Å². The van der Waals surface area contributed by atoms with Crippen LogP contribution < -0.4 is 18.9 Å². The van der Waals surface area contributed by atoms with Crippen LogP contribution in [0.3, 0.4) is 0 Å². The van der Waals surface area contributed by atoms with Gasteiger partial charge in [-0.15, -0.1) is 5.56 Å². The molecule has 0 atom stereocenters. The summed E-state index contributed by atoms with van der Waals surface area (Å²) in [6.45, 7) is 5.38. The summed E-state index contributed by atoms with van der Waals surface area (Å²) in [6.07, 6.45) is 4.87. The maximum absolute atomic E-state index is 11.8. The largest absolute Gasteiger partial charge is 1.00 e. The molecule has 0 aliphatic heterocycles. The Kier molecular flexibility index (Phi) is 6.17. The average Bonchev–Trinajstić information content (AvgIpc) is 2.69. The molecule has 2 aromatic heterocycles. The molecule has 0 radical (unpaired) electrons. The number of carbonyl (C=O) groups excluding carboxylic acids is 2. The van der Waals surface area contributed by atoms with E-state index in [1.807, 2.05) is 0 Å². The zero-order chi connectivity index (χ0) is 13.3. The summed E-state index contributed by atoms with van der Waals surface area (Å²) in [7, 11) is 0. The number of esters is 1. The second-order valence-corrected chi connectivity index (χ2v) is 4.91. The molecule has 0 bridgehead atoms. The van der Waals surface area contributed by atoms with Gasteiger partial charge in [0.05, 0.1) is 6.29 Å². The van der Waals surface area contributed by atoms with E-state index in [0.717, 1.165) is 0 Å². The molecule has 7 heteroatoms. The predicted octanol–water partition coefficient (Wildman–Crippen LogP) is -1.43. The normalized spacial score (nSPS) is 10.3. The van der Waals surface area contributed by atoms with E-state index in [-0.39, 0.29) is 30.0 Å². The first kappa shape index (κ1) is 18.4.